The normalized spacial score (nSPS) is 8.38. The van der Waals surface area contributed by atoms with Crippen LogP contribution in [0.15, 0.2) is 18.2 Å². The molecule has 0 atom stereocenters. The van der Waals surface area contributed by atoms with Gasteiger partial charge in [0.2, 0.25) is 0 Å². The molecule has 0 spiro atoms. The van der Waals surface area contributed by atoms with Gasteiger partial charge in [-0.15, -0.1) is 12.4 Å². The van der Waals surface area contributed by atoms with Gasteiger partial charge >= 0.3 is 0 Å². The number of rotatable bonds is 2. The van der Waals surface area contributed by atoms with Gasteiger partial charge in [0.1, 0.15) is 5.75 Å². The Morgan fingerprint density at radius 1 is 1.54 bits per heavy atom. The number of benzene rings is 1. The molecular weight excluding hydrogens is 188 g/mol. The molecule has 0 saturated heterocycles. The number of nitrogens with zero attached hydrogens (tertiary/aromatic N) is 1. The minimum Gasteiger partial charge on any atom is -0.496 e. The zero-order valence-corrected chi connectivity index (χ0v) is 8.10. The number of hydrogen-bond donors (Lipinski definition) is 1. The van der Waals surface area contributed by atoms with E-state index in [2.05, 4.69) is 0 Å². The molecule has 4 heteroatoms. The van der Waals surface area contributed by atoms with Crippen molar-refractivity contribution in [3.8, 4) is 11.8 Å². The molecule has 0 fully saturated rings. The van der Waals surface area contributed by atoms with Gasteiger partial charge in [0.25, 0.3) is 0 Å². The standard InChI is InChI=1S/C9H10N2O.ClH/c1-12-9-3-2-7(5-10)4-8(9)6-11;/h2-4H,6,11H2,1H3;1H. The molecule has 0 saturated carbocycles. The van der Waals surface area contributed by atoms with Crippen LogP contribution in [0, 0.1) is 11.3 Å². The molecule has 0 heterocycles. The third kappa shape index (κ3) is 2.62. The smallest absolute Gasteiger partial charge is 0.123 e. The summed E-state index contributed by atoms with van der Waals surface area (Å²) >= 11 is 0. The van der Waals surface area contributed by atoms with Gasteiger partial charge in [0.15, 0.2) is 0 Å². The van der Waals surface area contributed by atoms with E-state index in [1.807, 2.05) is 6.07 Å². The molecule has 0 radical (unpaired) electrons. The van der Waals surface area contributed by atoms with Crippen molar-refractivity contribution in [2.24, 2.45) is 5.73 Å². The van der Waals surface area contributed by atoms with Crippen LogP contribution in [0.25, 0.3) is 0 Å². The van der Waals surface area contributed by atoms with Crippen molar-refractivity contribution in [1.82, 2.24) is 0 Å². The van der Waals surface area contributed by atoms with Crippen molar-refractivity contribution in [3.63, 3.8) is 0 Å². The van der Waals surface area contributed by atoms with Gasteiger partial charge < -0.3 is 10.5 Å². The summed E-state index contributed by atoms with van der Waals surface area (Å²) in [6.45, 7) is 0.388. The van der Waals surface area contributed by atoms with Crippen molar-refractivity contribution in [2.45, 2.75) is 6.54 Å². The molecule has 3 nitrogen and oxygen atoms in total. The highest BCUT2D eigenvalue weighted by Gasteiger charge is 2.01. The number of methoxy groups -OCH3 is 1. The fraction of sp³-hybridized carbons (Fsp3) is 0.222. The Kier molecular flexibility index (Phi) is 4.90. The Labute approximate surface area is 83.5 Å². The van der Waals surface area contributed by atoms with Crippen LogP contribution in [0.3, 0.4) is 0 Å². The maximum absolute atomic E-state index is 8.59. The molecule has 1 aromatic rings. The average molecular weight is 199 g/mol. The van der Waals surface area contributed by atoms with E-state index in [4.69, 9.17) is 15.7 Å². The molecule has 0 aliphatic heterocycles. The first kappa shape index (κ1) is 11.8. The van der Waals surface area contributed by atoms with Crippen LogP contribution in [-0.4, -0.2) is 7.11 Å². The lowest BCUT2D eigenvalue weighted by molar-refractivity contribution is 0.410. The summed E-state index contributed by atoms with van der Waals surface area (Å²) < 4.78 is 5.05. The SMILES string of the molecule is COc1ccc(C#N)cc1CN.Cl. The fourth-order valence-electron chi connectivity index (χ4n) is 1.01. The van der Waals surface area contributed by atoms with E-state index in [-0.39, 0.29) is 12.4 Å². The predicted octanol–water partition coefficient (Wildman–Crippen LogP) is 1.45. The Balaban J connectivity index is 0.00000144. The summed E-state index contributed by atoms with van der Waals surface area (Å²) in [5.74, 6) is 0.733. The van der Waals surface area contributed by atoms with Gasteiger partial charge in [-0.2, -0.15) is 5.26 Å². The third-order valence-corrected chi connectivity index (χ3v) is 1.63. The molecule has 0 aromatic heterocycles. The van der Waals surface area contributed by atoms with Crippen molar-refractivity contribution in [2.75, 3.05) is 7.11 Å². The molecule has 0 unspecified atom stereocenters. The van der Waals surface area contributed by atoms with E-state index >= 15 is 0 Å². The monoisotopic (exact) mass is 198 g/mol. The van der Waals surface area contributed by atoms with Gasteiger partial charge in [-0.3, -0.25) is 0 Å². The number of nitrogens with two attached hydrogens (primary N) is 1. The summed E-state index contributed by atoms with van der Waals surface area (Å²) in [7, 11) is 1.58. The van der Waals surface area contributed by atoms with Crippen LogP contribution in [0.5, 0.6) is 5.75 Å². The highest BCUT2D eigenvalue weighted by atomic mass is 35.5. The predicted molar refractivity (Wildman–Crippen MR) is 52.8 cm³/mol. The Morgan fingerprint density at radius 3 is 2.69 bits per heavy atom. The minimum atomic E-state index is 0. The Bertz CT molecular complexity index is 320. The van der Waals surface area contributed by atoms with E-state index in [1.165, 1.54) is 0 Å². The lowest BCUT2D eigenvalue weighted by atomic mass is 10.1. The highest BCUT2D eigenvalue weighted by Crippen LogP contribution is 2.18. The molecule has 1 aromatic carbocycles. The number of hydrogen-bond acceptors (Lipinski definition) is 3. The summed E-state index contributed by atoms with van der Waals surface area (Å²) in [6.07, 6.45) is 0. The minimum absolute atomic E-state index is 0. The second kappa shape index (κ2) is 5.41. The van der Waals surface area contributed by atoms with E-state index in [9.17, 15) is 0 Å². The van der Waals surface area contributed by atoms with Crippen LogP contribution in [0.1, 0.15) is 11.1 Å². The van der Waals surface area contributed by atoms with Crippen LogP contribution >= 0.6 is 12.4 Å². The largest absolute Gasteiger partial charge is 0.496 e. The molecule has 0 amide bonds. The highest BCUT2D eigenvalue weighted by molar-refractivity contribution is 5.85. The molecule has 70 valence electrons. The van der Waals surface area contributed by atoms with Crippen molar-refractivity contribution >= 4 is 12.4 Å². The van der Waals surface area contributed by atoms with Crippen LogP contribution in [0.4, 0.5) is 0 Å². The first-order valence-corrected chi connectivity index (χ1v) is 3.59. The quantitative estimate of drug-likeness (QED) is 0.783. The maximum atomic E-state index is 8.59. The van der Waals surface area contributed by atoms with Gasteiger partial charge in [0, 0.05) is 12.1 Å². The van der Waals surface area contributed by atoms with Crippen LogP contribution in [0.2, 0.25) is 0 Å². The van der Waals surface area contributed by atoms with E-state index in [0.717, 1.165) is 11.3 Å². The van der Waals surface area contributed by atoms with Gasteiger partial charge in [-0.25, -0.2) is 0 Å². The summed E-state index contributed by atoms with van der Waals surface area (Å²) in [5, 5.41) is 8.59. The molecule has 1 rings (SSSR count). The lowest BCUT2D eigenvalue weighted by Gasteiger charge is -2.05. The Morgan fingerprint density at radius 2 is 2.23 bits per heavy atom. The zero-order chi connectivity index (χ0) is 8.97. The second-order valence-electron chi connectivity index (χ2n) is 2.34. The van der Waals surface area contributed by atoms with Crippen LogP contribution in [-0.2, 0) is 6.54 Å². The summed E-state index contributed by atoms with van der Waals surface area (Å²) in [4.78, 5) is 0. The molecule has 0 bridgehead atoms. The van der Waals surface area contributed by atoms with Crippen molar-refractivity contribution < 1.29 is 4.74 Å². The molecule has 13 heavy (non-hydrogen) atoms. The fourth-order valence-corrected chi connectivity index (χ4v) is 1.01. The first-order valence-electron chi connectivity index (χ1n) is 3.59. The Hall–Kier alpha value is -1.24. The van der Waals surface area contributed by atoms with Gasteiger partial charge in [-0.05, 0) is 18.2 Å². The topological polar surface area (TPSA) is 59.0 Å². The first-order chi connectivity index (χ1) is 5.81. The van der Waals surface area contributed by atoms with Gasteiger partial charge in [0.05, 0.1) is 18.7 Å². The van der Waals surface area contributed by atoms with Crippen molar-refractivity contribution in [1.29, 1.82) is 5.26 Å². The number of halogens is 1. The van der Waals surface area contributed by atoms with Crippen molar-refractivity contribution in [3.05, 3.63) is 29.3 Å². The molecular formula is C9H11ClN2O. The molecule has 0 aliphatic rings. The van der Waals surface area contributed by atoms with E-state index in [1.54, 1.807) is 25.3 Å². The number of nitriles is 1. The van der Waals surface area contributed by atoms with Gasteiger partial charge in [-0.1, -0.05) is 0 Å². The average Bonchev–Trinajstić information content (AvgIpc) is 2.16. The summed E-state index contributed by atoms with van der Waals surface area (Å²) in [5.41, 5.74) is 6.93. The van der Waals surface area contributed by atoms with Crippen LogP contribution < -0.4 is 10.5 Å². The molecule has 2 N–H and O–H groups in total. The molecule has 0 aliphatic carbocycles. The number of ether oxygens (including phenoxy) is 1. The summed E-state index contributed by atoms with van der Waals surface area (Å²) in [6, 6.07) is 7.23. The van der Waals surface area contributed by atoms with E-state index < -0.39 is 0 Å². The van der Waals surface area contributed by atoms with E-state index in [0.29, 0.717) is 12.1 Å². The zero-order valence-electron chi connectivity index (χ0n) is 7.28. The maximum Gasteiger partial charge on any atom is 0.123 e. The second-order valence-corrected chi connectivity index (χ2v) is 2.34. The lowest BCUT2D eigenvalue weighted by Crippen LogP contribution is -2.00. The third-order valence-electron chi connectivity index (χ3n) is 1.63.